The van der Waals surface area contributed by atoms with E-state index in [0.29, 0.717) is 49.1 Å². The lowest BCUT2D eigenvalue weighted by Gasteiger charge is -2.32. The van der Waals surface area contributed by atoms with Gasteiger partial charge in [0.1, 0.15) is 17.4 Å². The number of rotatable bonds is 12. The summed E-state index contributed by atoms with van der Waals surface area (Å²) in [6.45, 7) is 4.51. The maximum atomic E-state index is 15.0. The molecule has 0 aliphatic heterocycles. The normalized spacial score (nSPS) is 23.3. The zero-order valence-corrected chi connectivity index (χ0v) is 23.5. The molecule has 2 aromatic rings. The van der Waals surface area contributed by atoms with Gasteiger partial charge in [-0.2, -0.15) is 8.78 Å². The highest BCUT2D eigenvalue weighted by molar-refractivity contribution is 5.66. The van der Waals surface area contributed by atoms with Crippen molar-refractivity contribution < 1.29 is 40.2 Å². The Morgan fingerprint density at radius 3 is 1.83 bits per heavy atom. The Hall–Kier alpha value is -2.81. The van der Waals surface area contributed by atoms with Crippen molar-refractivity contribution in [3.63, 3.8) is 0 Å². The number of unbranched alkanes of at least 4 members (excludes halogenated alkanes) is 2. The molecule has 2 aromatic carbocycles. The molecule has 2 aliphatic rings. The highest BCUT2D eigenvalue weighted by atomic mass is 19.3. The summed E-state index contributed by atoms with van der Waals surface area (Å²) in [6.07, 6.45) is 11.7. The zero-order chi connectivity index (χ0) is 30.3. The predicted molar refractivity (Wildman–Crippen MR) is 148 cm³/mol. The van der Waals surface area contributed by atoms with Crippen molar-refractivity contribution in [2.45, 2.75) is 82.8 Å². The minimum absolute atomic E-state index is 0.182. The van der Waals surface area contributed by atoms with Crippen molar-refractivity contribution in [3.05, 3.63) is 78.2 Å². The monoisotopic (exact) mass is 598 g/mol. The average Bonchev–Trinajstić information content (AvgIpc) is 2.95. The molecule has 9 heteroatoms. The molecule has 2 nitrogen and oxygen atoms in total. The second kappa shape index (κ2) is 14.6. The van der Waals surface area contributed by atoms with E-state index in [0.717, 1.165) is 51.6 Å². The first-order valence-electron chi connectivity index (χ1n) is 14.7. The van der Waals surface area contributed by atoms with Crippen molar-refractivity contribution in [2.75, 3.05) is 6.61 Å². The number of hydrogen-bond acceptors (Lipinski definition) is 2. The summed E-state index contributed by atoms with van der Waals surface area (Å²) >= 11 is 0. The molecule has 0 spiro atoms. The first kappa shape index (κ1) is 32.1. The molecule has 0 N–H and O–H groups in total. The third-order valence-electron chi connectivity index (χ3n) is 8.32. The lowest BCUT2D eigenvalue weighted by molar-refractivity contribution is -0.223. The Balaban J connectivity index is 1.26. The van der Waals surface area contributed by atoms with Gasteiger partial charge in [0.2, 0.25) is 0 Å². The smallest absolute Gasteiger partial charge is 0.400 e. The van der Waals surface area contributed by atoms with Gasteiger partial charge in [-0.05, 0) is 100 Å². The molecule has 2 saturated carbocycles. The highest BCUT2D eigenvalue weighted by Crippen LogP contribution is 2.42. The van der Waals surface area contributed by atoms with Crippen LogP contribution in [0.5, 0.6) is 5.75 Å². The van der Waals surface area contributed by atoms with Crippen molar-refractivity contribution in [3.8, 4) is 16.9 Å². The van der Waals surface area contributed by atoms with E-state index < -0.39 is 58.0 Å². The number of halogens is 7. The summed E-state index contributed by atoms with van der Waals surface area (Å²) in [5.41, 5.74) is -1.49. The quantitative estimate of drug-likeness (QED) is 0.105. The molecule has 230 valence electrons. The van der Waals surface area contributed by atoms with Gasteiger partial charge in [0.25, 0.3) is 0 Å². The van der Waals surface area contributed by atoms with Crippen LogP contribution in [-0.2, 0) is 4.74 Å². The molecular weight excluding hydrogens is 561 g/mol. The van der Waals surface area contributed by atoms with Crippen molar-refractivity contribution >= 4 is 0 Å². The molecule has 4 rings (SSSR count). The molecule has 0 radical (unpaired) electrons. The molecular formula is C33H37F7O2. The average molecular weight is 599 g/mol. The number of alkyl halides is 2. The summed E-state index contributed by atoms with van der Waals surface area (Å²) in [7, 11) is 0. The van der Waals surface area contributed by atoms with Gasteiger partial charge in [0.05, 0.1) is 17.6 Å². The van der Waals surface area contributed by atoms with Crippen LogP contribution in [0.1, 0.15) is 70.6 Å². The van der Waals surface area contributed by atoms with E-state index in [1.807, 2.05) is 6.08 Å². The number of benzene rings is 2. The van der Waals surface area contributed by atoms with E-state index in [1.54, 1.807) is 0 Å². The Bertz CT molecular complexity index is 1180. The van der Waals surface area contributed by atoms with Gasteiger partial charge < -0.3 is 9.47 Å². The van der Waals surface area contributed by atoms with Crippen LogP contribution in [0.2, 0.25) is 0 Å². The van der Waals surface area contributed by atoms with Crippen LogP contribution >= 0.6 is 0 Å². The topological polar surface area (TPSA) is 18.5 Å². The molecule has 0 aromatic heterocycles. The van der Waals surface area contributed by atoms with E-state index >= 15 is 0 Å². The van der Waals surface area contributed by atoms with E-state index in [-0.39, 0.29) is 18.8 Å². The van der Waals surface area contributed by atoms with Crippen molar-refractivity contribution in [1.29, 1.82) is 0 Å². The Labute approximate surface area is 242 Å². The first-order chi connectivity index (χ1) is 20.1. The van der Waals surface area contributed by atoms with Gasteiger partial charge in [-0.15, -0.1) is 6.58 Å². The lowest BCUT2D eigenvalue weighted by atomic mass is 9.80. The van der Waals surface area contributed by atoms with Gasteiger partial charge in [-0.1, -0.05) is 18.2 Å². The van der Waals surface area contributed by atoms with Gasteiger partial charge in [-0.3, -0.25) is 0 Å². The van der Waals surface area contributed by atoms with Gasteiger partial charge in [-0.25, -0.2) is 22.0 Å². The van der Waals surface area contributed by atoms with Crippen LogP contribution in [0.3, 0.4) is 0 Å². The number of allylic oxidation sites excluding steroid dienone is 3. The number of ether oxygens (including phenoxy) is 2. The van der Waals surface area contributed by atoms with Gasteiger partial charge in [0.15, 0.2) is 17.5 Å². The maximum Gasteiger partial charge on any atom is 0.400 e. The molecule has 0 bridgehead atoms. The molecule has 0 saturated heterocycles. The fraction of sp³-hybridized carbons (Fsp3) is 0.515. The fourth-order valence-electron chi connectivity index (χ4n) is 5.88. The van der Waals surface area contributed by atoms with Gasteiger partial charge >= 0.3 is 6.11 Å². The largest absolute Gasteiger partial charge is 0.432 e. The predicted octanol–water partition coefficient (Wildman–Crippen LogP) is 10.3. The van der Waals surface area contributed by atoms with Crippen LogP contribution in [-0.4, -0.2) is 18.8 Å². The third-order valence-corrected chi connectivity index (χ3v) is 8.32. The molecule has 0 amide bonds. The lowest BCUT2D eigenvalue weighted by Crippen LogP contribution is -2.37. The molecule has 2 fully saturated rings. The Morgan fingerprint density at radius 1 is 0.738 bits per heavy atom. The van der Waals surface area contributed by atoms with E-state index in [9.17, 15) is 30.7 Å². The first-order valence-corrected chi connectivity index (χ1v) is 14.7. The summed E-state index contributed by atoms with van der Waals surface area (Å²) < 4.78 is 110. The summed E-state index contributed by atoms with van der Waals surface area (Å²) in [5, 5.41) is 0. The number of hydrogen-bond donors (Lipinski definition) is 0. The second-order valence-corrected chi connectivity index (χ2v) is 11.4. The van der Waals surface area contributed by atoms with Crippen molar-refractivity contribution in [1.82, 2.24) is 0 Å². The standard InChI is InChI=1S/C33H37F7O2/c1-2-3-4-5-16-41-25-14-10-22(11-15-25)7-6-21-8-12-24(13-9-21)33(39,40)42-26-19-27(34)31(28(35)20-26)23-17-29(36)32(38)30(37)18-23/h2,6-7,17-22,24-25H,1,3-5,8-16H2/b7-6+. The third kappa shape index (κ3) is 8.39. The molecule has 0 unspecified atom stereocenters. The summed E-state index contributed by atoms with van der Waals surface area (Å²) in [4.78, 5) is 0. The summed E-state index contributed by atoms with van der Waals surface area (Å²) in [6, 6.07) is 1.91. The second-order valence-electron chi connectivity index (χ2n) is 11.4. The van der Waals surface area contributed by atoms with E-state index in [2.05, 4.69) is 18.7 Å². The Kier molecular flexibility index (Phi) is 11.1. The molecule has 0 heterocycles. The maximum absolute atomic E-state index is 15.0. The fourth-order valence-corrected chi connectivity index (χ4v) is 5.88. The van der Waals surface area contributed by atoms with Crippen LogP contribution < -0.4 is 4.74 Å². The van der Waals surface area contributed by atoms with Crippen molar-refractivity contribution in [2.24, 2.45) is 17.8 Å². The Morgan fingerprint density at radius 2 is 1.29 bits per heavy atom. The van der Waals surface area contributed by atoms with Gasteiger partial charge in [0, 0.05) is 18.7 Å². The van der Waals surface area contributed by atoms with Crippen LogP contribution in [0.15, 0.2) is 49.1 Å². The van der Waals surface area contributed by atoms with E-state index in [1.165, 1.54) is 0 Å². The van der Waals surface area contributed by atoms with Crippen LogP contribution in [0.4, 0.5) is 30.7 Å². The highest BCUT2D eigenvalue weighted by Gasteiger charge is 2.44. The van der Waals surface area contributed by atoms with Crippen LogP contribution in [0.25, 0.3) is 11.1 Å². The minimum Gasteiger partial charge on any atom is -0.432 e. The van der Waals surface area contributed by atoms with Crippen LogP contribution in [0, 0.1) is 46.8 Å². The molecule has 0 atom stereocenters. The molecule has 42 heavy (non-hydrogen) atoms. The minimum atomic E-state index is -3.67. The SMILES string of the molecule is C=CCCCCOC1CCC(/C=C/C2CCC(C(F)(F)Oc3cc(F)c(-c4cc(F)c(F)c(F)c4)c(F)c3)CC2)CC1. The van der Waals surface area contributed by atoms with E-state index in [4.69, 9.17) is 9.47 Å². The zero-order valence-electron chi connectivity index (χ0n) is 23.5. The summed E-state index contributed by atoms with van der Waals surface area (Å²) in [5.74, 6) is -9.04. The molecule has 2 aliphatic carbocycles.